The highest BCUT2D eigenvalue weighted by atomic mass is 16.5. The molecule has 1 aromatic carbocycles. The smallest absolute Gasteiger partial charge is 0.159 e. The number of nitrogens with two attached hydrogens (primary N) is 1. The van der Waals surface area contributed by atoms with Crippen molar-refractivity contribution in [2.75, 3.05) is 23.0 Å². The largest absolute Gasteiger partial charge is 0.494 e. The van der Waals surface area contributed by atoms with E-state index in [0.29, 0.717) is 24.2 Å². The topological polar surface area (TPSA) is 85.1 Å². The summed E-state index contributed by atoms with van der Waals surface area (Å²) >= 11 is 0. The lowest BCUT2D eigenvalue weighted by Gasteiger charge is -2.19. The van der Waals surface area contributed by atoms with E-state index in [4.69, 9.17) is 10.5 Å². The molecule has 1 saturated carbocycles. The fourth-order valence-electron chi connectivity index (χ4n) is 3.17. The molecule has 0 bridgehead atoms. The Kier molecular flexibility index (Phi) is 5.93. The number of hydrogen-bond acceptors (Lipinski definition) is 6. The number of aromatic nitrogens is 2. The summed E-state index contributed by atoms with van der Waals surface area (Å²) in [4.78, 5) is 8.62. The fourth-order valence-corrected chi connectivity index (χ4v) is 3.17. The Morgan fingerprint density at radius 3 is 2.40 bits per heavy atom. The molecule has 0 radical (unpaired) electrons. The molecule has 1 aliphatic carbocycles. The van der Waals surface area contributed by atoms with Gasteiger partial charge in [0.1, 0.15) is 17.8 Å². The third kappa shape index (κ3) is 4.75. The first kappa shape index (κ1) is 17.3. The van der Waals surface area contributed by atoms with E-state index in [0.717, 1.165) is 17.3 Å². The van der Waals surface area contributed by atoms with E-state index >= 15 is 0 Å². The Balaban J connectivity index is 1.69. The molecule has 0 unspecified atom stereocenters. The fraction of sp³-hybridized carbons (Fsp3) is 0.474. The van der Waals surface area contributed by atoms with Crippen LogP contribution in [0.1, 0.15) is 45.4 Å². The van der Waals surface area contributed by atoms with Gasteiger partial charge in [0.2, 0.25) is 0 Å². The van der Waals surface area contributed by atoms with Crippen molar-refractivity contribution < 1.29 is 4.74 Å². The maximum atomic E-state index is 6.29. The summed E-state index contributed by atoms with van der Waals surface area (Å²) in [5, 5.41) is 6.76. The Hall–Kier alpha value is -2.50. The molecule has 0 spiro atoms. The molecular formula is C19H27N5O. The third-order valence-corrected chi connectivity index (χ3v) is 4.51. The van der Waals surface area contributed by atoms with E-state index in [1.165, 1.54) is 38.5 Å². The van der Waals surface area contributed by atoms with Crippen molar-refractivity contribution in [3.63, 3.8) is 0 Å². The number of ether oxygens (including phenoxy) is 1. The molecule has 1 fully saturated rings. The van der Waals surface area contributed by atoms with E-state index in [2.05, 4.69) is 20.6 Å². The van der Waals surface area contributed by atoms with Gasteiger partial charge < -0.3 is 21.1 Å². The van der Waals surface area contributed by atoms with Crippen LogP contribution in [0, 0.1) is 0 Å². The van der Waals surface area contributed by atoms with Crippen molar-refractivity contribution in [1.82, 2.24) is 9.97 Å². The van der Waals surface area contributed by atoms with E-state index < -0.39 is 0 Å². The van der Waals surface area contributed by atoms with Crippen LogP contribution < -0.4 is 21.1 Å². The average Bonchev–Trinajstić information content (AvgIpc) is 2.89. The number of nitrogens with zero attached hydrogens (tertiary/aromatic N) is 2. The van der Waals surface area contributed by atoms with Crippen LogP contribution in [0.5, 0.6) is 5.75 Å². The van der Waals surface area contributed by atoms with Crippen LogP contribution in [0.25, 0.3) is 0 Å². The van der Waals surface area contributed by atoms with Gasteiger partial charge >= 0.3 is 0 Å². The van der Waals surface area contributed by atoms with Gasteiger partial charge in [-0.05, 0) is 44.0 Å². The van der Waals surface area contributed by atoms with Crippen LogP contribution in [0.4, 0.5) is 23.0 Å². The quantitative estimate of drug-likeness (QED) is 0.678. The first-order valence-electron chi connectivity index (χ1n) is 9.13. The SMILES string of the molecule is CCOc1ccc(Nc2ncnc(NC3CCCCCC3)c2N)cc1. The summed E-state index contributed by atoms with van der Waals surface area (Å²) < 4.78 is 5.46. The minimum Gasteiger partial charge on any atom is -0.494 e. The number of rotatable bonds is 6. The van der Waals surface area contributed by atoms with Crippen LogP contribution in [0.15, 0.2) is 30.6 Å². The maximum absolute atomic E-state index is 6.29. The molecular weight excluding hydrogens is 314 g/mol. The molecule has 1 heterocycles. The summed E-state index contributed by atoms with van der Waals surface area (Å²) in [7, 11) is 0. The van der Waals surface area contributed by atoms with Gasteiger partial charge in [0.05, 0.1) is 6.61 Å². The van der Waals surface area contributed by atoms with E-state index in [1.807, 2.05) is 31.2 Å². The molecule has 0 atom stereocenters. The summed E-state index contributed by atoms with van der Waals surface area (Å²) in [6.45, 7) is 2.62. The van der Waals surface area contributed by atoms with E-state index in [9.17, 15) is 0 Å². The van der Waals surface area contributed by atoms with E-state index in [-0.39, 0.29) is 0 Å². The van der Waals surface area contributed by atoms with Gasteiger partial charge in [0.25, 0.3) is 0 Å². The van der Waals surface area contributed by atoms with Crippen molar-refractivity contribution in [2.24, 2.45) is 0 Å². The van der Waals surface area contributed by atoms with Gasteiger partial charge in [-0.3, -0.25) is 0 Å². The highest BCUT2D eigenvalue weighted by Crippen LogP contribution is 2.29. The van der Waals surface area contributed by atoms with Crippen molar-refractivity contribution in [2.45, 2.75) is 51.5 Å². The molecule has 3 rings (SSSR count). The lowest BCUT2D eigenvalue weighted by Crippen LogP contribution is -2.20. The molecule has 1 aliphatic rings. The Bertz CT molecular complexity index is 666. The standard InChI is InChI=1S/C19H27N5O/c1-2-25-16-11-9-15(10-12-16)24-19-17(20)18(21-13-22-19)23-14-7-5-3-4-6-8-14/h9-14H,2-8,20H2,1H3,(H2,21,22,23,24). The van der Waals surface area contributed by atoms with Crippen molar-refractivity contribution in [3.05, 3.63) is 30.6 Å². The van der Waals surface area contributed by atoms with Crippen molar-refractivity contribution in [1.29, 1.82) is 0 Å². The molecule has 6 nitrogen and oxygen atoms in total. The average molecular weight is 341 g/mol. The molecule has 0 saturated heterocycles. The summed E-state index contributed by atoms with van der Waals surface area (Å²) in [6.07, 6.45) is 9.06. The Morgan fingerprint density at radius 1 is 1.04 bits per heavy atom. The molecule has 2 aromatic rings. The number of benzene rings is 1. The number of nitrogens with one attached hydrogen (secondary N) is 2. The van der Waals surface area contributed by atoms with E-state index in [1.54, 1.807) is 6.33 Å². The zero-order chi connectivity index (χ0) is 17.5. The minimum atomic E-state index is 0.443. The molecule has 4 N–H and O–H groups in total. The first-order chi connectivity index (χ1) is 12.3. The Labute approximate surface area is 149 Å². The molecule has 1 aromatic heterocycles. The second kappa shape index (κ2) is 8.55. The van der Waals surface area contributed by atoms with Gasteiger partial charge in [-0.15, -0.1) is 0 Å². The summed E-state index contributed by atoms with van der Waals surface area (Å²) in [5.74, 6) is 2.19. The van der Waals surface area contributed by atoms with Gasteiger partial charge in [-0.1, -0.05) is 25.7 Å². The lowest BCUT2D eigenvalue weighted by molar-refractivity contribution is 0.340. The molecule has 134 valence electrons. The molecule has 6 heteroatoms. The van der Waals surface area contributed by atoms with Crippen LogP contribution in [-0.4, -0.2) is 22.6 Å². The van der Waals surface area contributed by atoms with Crippen LogP contribution in [-0.2, 0) is 0 Å². The first-order valence-corrected chi connectivity index (χ1v) is 9.13. The normalized spacial score (nSPS) is 15.4. The molecule has 0 aliphatic heterocycles. The van der Waals surface area contributed by atoms with Crippen LogP contribution >= 0.6 is 0 Å². The monoisotopic (exact) mass is 341 g/mol. The van der Waals surface area contributed by atoms with Crippen molar-refractivity contribution >= 4 is 23.0 Å². The number of hydrogen-bond donors (Lipinski definition) is 3. The van der Waals surface area contributed by atoms with Gasteiger partial charge in [-0.2, -0.15) is 0 Å². The maximum Gasteiger partial charge on any atom is 0.159 e. The highest BCUT2D eigenvalue weighted by Gasteiger charge is 2.15. The van der Waals surface area contributed by atoms with Crippen molar-refractivity contribution in [3.8, 4) is 5.75 Å². The second-order valence-corrected chi connectivity index (χ2v) is 6.40. The predicted molar refractivity (Wildman–Crippen MR) is 102 cm³/mol. The Morgan fingerprint density at radius 2 is 1.72 bits per heavy atom. The number of nitrogen functional groups attached to an aromatic ring is 1. The third-order valence-electron chi connectivity index (χ3n) is 4.51. The molecule has 25 heavy (non-hydrogen) atoms. The summed E-state index contributed by atoms with van der Waals surface area (Å²) in [5.41, 5.74) is 7.76. The molecule has 0 amide bonds. The summed E-state index contributed by atoms with van der Waals surface area (Å²) in [6, 6.07) is 8.19. The number of anilines is 4. The van der Waals surface area contributed by atoms with Crippen LogP contribution in [0.2, 0.25) is 0 Å². The minimum absolute atomic E-state index is 0.443. The van der Waals surface area contributed by atoms with Gasteiger partial charge in [0.15, 0.2) is 11.6 Å². The lowest BCUT2D eigenvalue weighted by atomic mass is 10.1. The predicted octanol–water partition coefficient (Wildman–Crippen LogP) is 4.34. The van der Waals surface area contributed by atoms with Gasteiger partial charge in [-0.25, -0.2) is 9.97 Å². The second-order valence-electron chi connectivity index (χ2n) is 6.40. The zero-order valence-corrected chi connectivity index (χ0v) is 14.8. The highest BCUT2D eigenvalue weighted by molar-refractivity contribution is 5.77. The van der Waals surface area contributed by atoms with Gasteiger partial charge in [0, 0.05) is 11.7 Å². The van der Waals surface area contributed by atoms with Crippen LogP contribution in [0.3, 0.4) is 0 Å². The zero-order valence-electron chi connectivity index (χ0n) is 14.8.